The Bertz CT molecular complexity index is 1320. The number of nitrogens with one attached hydrogen (secondary N) is 3. The van der Waals surface area contributed by atoms with Crippen LogP contribution in [0.4, 0.5) is 34.6 Å². The van der Waals surface area contributed by atoms with E-state index in [9.17, 15) is 35.6 Å². The molecule has 0 fully saturated rings. The number of anilines is 3. The predicted molar refractivity (Wildman–Crippen MR) is 117 cm³/mol. The van der Waals surface area contributed by atoms with Crippen LogP contribution in [-0.4, -0.2) is 20.2 Å². The molecule has 178 valence electrons. The van der Waals surface area contributed by atoms with Crippen LogP contribution in [0.3, 0.4) is 0 Å². The fourth-order valence-corrected chi connectivity index (χ4v) is 3.89. The first kappa shape index (κ1) is 24.7. The zero-order valence-corrected chi connectivity index (χ0v) is 18.2. The van der Waals surface area contributed by atoms with Crippen molar-refractivity contribution in [2.45, 2.75) is 18.0 Å². The van der Waals surface area contributed by atoms with Gasteiger partial charge in [-0.25, -0.2) is 12.8 Å². The van der Waals surface area contributed by atoms with Crippen molar-refractivity contribution in [2.24, 2.45) is 0 Å². The number of amides is 2. The molecule has 0 aliphatic rings. The van der Waals surface area contributed by atoms with E-state index in [1.165, 1.54) is 24.3 Å². The van der Waals surface area contributed by atoms with Gasteiger partial charge < -0.3 is 10.6 Å². The van der Waals surface area contributed by atoms with Gasteiger partial charge in [-0.1, -0.05) is 0 Å². The lowest BCUT2D eigenvalue weighted by atomic mass is 10.1. The number of rotatable bonds is 6. The zero-order valence-electron chi connectivity index (χ0n) is 17.4. The van der Waals surface area contributed by atoms with Crippen LogP contribution in [0, 0.1) is 5.82 Å². The van der Waals surface area contributed by atoms with Crippen LogP contribution in [0.15, 0.2) is 71.6 Å². The molecule has 0 aromatic heterocycles. The van der Waals surface area contributed by atoms with E-state index in [1.54, 1.807) is 0 Å². The van der Waals surface area contributed by atoms with E-state index in [-0.39, 0.29) is 27.5 Å². The maximum atomic E-state index is 13.1. The Hall–Kier alpha value is -3.93. The van der Waals surface area contributed by atoms with Crippen molar-refractivity contribution in [3.63, 3.8) is 0 Å². The topological polar surface area (TPSA) is 104 Å². The summed E-state index contributed by atoms with van der Waals surface area (Å²) in [5.74, 6) is -1.94. The summed E-state index contributed by atoms with van der Waals surface area (Å²) in [5.41, 5.74) is -1.22. The molecule has 7 nitrogen and oxygen atoms in total. The Morgan fingerprint density at radius 2 is 1.44 bits per heavy atom. The molecule has 0 heterocycles. The number of halogens is 4. The normalized spacial score (nSPS) is 11.6. The van der Waals surface area contributed by atoms with Crippen molar-refractivity contribution in [1.82, 2.24) is 0 Å². The number of alkyl halides is 3. The Kier molecular flexibility index (Phi) is 6.91. The summed E-state index contributed by atoms with van der Waals surface area (Å²) in [5, 5.41) is 4.66. The summed E-state index contributed by atoms with van der Waals surface area (Å²) in [7, 11) is -4.01. The minimum Gasteiger partial charge on any atom is -0.325 e. The van der Waals surface area contributed by atoms with E-state index in [4.69, 9.17) is 0 Å². The Morgan fingerprint density at radius 1 is 0.824 bits per heavy atom. The van der Waals surface area contributed by atoms with Gasteiger partial charge in [0.2, 0.25) is 5.91 Å². The predicted octanol–water partition coefficient (Wildman–Crippen LogP) is 4.86. The zero-order chi connectivity index (χ0) is 25.1. The molecule has 0 radical (unpaired) electrons. The van der Waals surface area contributed by atoms with Crippen molar-refractivity contribution in [3.8, 4) is 0 Å². The van der Waals surface area contributed by atoms with E-state index >= 15 is 0 Å². The largest absolute Gasteiger partial charge is 0.416 e. The highest BCUT2D eigenvalue weighted by atomic mass is 32.2. The molecule has 3 aromatic rings. The molecule has 0 spiro atoms. The number of hydrogen-bond donors (Lipinski definition) is 3. The number of carbonyl (C=O) groups is 2. The average molecular weight is 495 g/mol. The van der Waals surface area contributed by atoms with Crippen LogP contribution in [-0.2, 0) is 21.0 Å². The van der Waals surface area contributed by atoms with Crippen molar-refractivity contribution in [1.29, 1.82) is 0 Å². The summed E-state index contributed by atoms with van der Waals surface area (Å²) < 4.78 is 79.2. The van der Waals surface area contributed by atoms with Crippen molar-refractivity contribution in [3.05, 3.63) is 83.7 Å². The maximum Gasteiger partial charge on any atom is 0.416 e. The Balaban J connectivity index is 1.79. The third kappa shape index (κ3) is 6.10. The fraction of sp³-hybridized carbons (Fsp3) is 0.0909. The minimum absolute atomic E-state index is 0.0101. The van der Waals surface area contributed by atoms with Gasteiger partial charge in [0.25, 0.3) is 15.9 Å². The average Bonchev–Trinajstić information content (AvgIpc) is 2.74. The smallest absolute Gasteiger partial charge is 0.325 e. The van der Waals surface area contributed by atoms with Crippen molar-refractivity contribution < 1.29 is 35.6 Å². The third-order valence-corrected chi connectivity index (χ3v) is 5.83. The van der Waals surface area contributed by atoms with Gasteiger partial charge in [0, 0.05) is 18.2 Å². The fourth-order valence-electron chi connectivity index (χ4n) is 2.83. The maximum absolute atomic E-state index is 13.1. The summed E-state index contributed by atoms with van der Waals surface area (Å²) in [6.45, 7) is 1.16. The van der Waals surface area contributed by atoms with E-state index in [0.717, 1.165) is 43.3 Å². The molecule has 2 amide bonds. The summed E-state index contributed by atoms with van der Waals surface area (Å²) in [6, 6.07) is 11.7. The molecule has 0 saturated heterocycles. The number of benzene rings is 3. The van der Waals surface area contributed by atoms with Gasteiger partial charge in [-0.15, -0.1) is 0 Å². The summed E-state index contributed by atoms with van der Waals surface area (Å²) in [6.07, 6.45) is -4.67. The van der Waals surface area contributed by atoms with Crippen molar-refractivity contribution >= 4 is 38.9 Å². The molecule has 3 rings (SSSR count). The van der Waals surface area contributed by atoms with E-state index in [1.807, 2.05) is 0 Å². The first-order valence-electron chi connectivity index (χ1n) is 9.54. The first-order chi connectivity index (χ1) is 15.8. The second kappa shape index (κ2) is 9.51. The van der Waals surface area contributed by atoms with Crippen LogP contribution in [0.25, 0.3) is 0 Å². The van der Waals surface area contributed by atoms with Gasteiger partial charge in [0.05, 0.1) is 21.8 Å². The number of carbonyl (C=O) groups excluding carboxylic acids is 2. The van der Waals surface area contributed by atoms with Gasteiger partial charge in [-0.05, 0) is 66.7 Å². The third-order valence-electron chi connectivity index (χ3n) is 4.43. The lowest BCUT2D eigenvalue weighted by Crippen LogP contribution is -2.17. The molecule has 0 saturated carbocycles. The Morgan fingerprint density at radius 3 is 2.00 bits per heavy atom. The van der Waals surface area contributed by atoms with Gasteiger partial charge in [0.1, 0.15) is 5.82 Å². The SMILES string of the molecule is CC(=O)Nc1ccc(C(F)(F)F)cc1NC(=O)c1ccc(NS(=O)(=O)c2ccc(F)cc2)cc1. The molecule has 0 atom stereocenters. The Labute approximate surface area is 191 Å². The second-order valence-electron chi connectivity index (χ2n) is 7.03. The molecule has 0 aliphatic heterocycles. The van der Waals surface area contributed by atoms with Crippen molar-refractivity contribution in [2.75, 3.05) is 15.4 Å². The van der Waals surface area contributed by atoms with E-state index < -0.39 is 39.4 Å². The van der Waals surface area contributed by atoms with Crippen LogP contribution in [0.5, 0.6) is 0 Å². The quantitative estimate of drug-likeness (QED) is 0.425. The van der Waals surface area contributed by atoms with Gasteiger partial charge in [-0.3, -0.25) is 14.3 Å². The molecule has 34 heavy (non-hydrogen) atoms. The van der Waals surface area contributed by atoms with Gasteiger partial charge in [0.15, 0.2) is 0 Å². The molecular weight excluding hydrogens is 478 g/mol. The van der Waals surface area contributed by atoms with Crippen LogP contribution in [0.2, 0.25) is 0 Å². The van der Waals surface area contributed by atoms with Gasteiger partial charge in [-0.2, -0.15) is 13.2 Å². The summed E-state index contributed by atoms with van der Waals surface area (Å²) >= 11 is 0. The molecule has 12 heteroatoms. The monoisotopic (exact) mass is 495 g/mol. The first-order valence-corrected chi connectivity index (χ1v) is 11.0. The second-order valence-corrected chi connectivity index (χ2v) is 8.71. The molecule has 3 N–H and O–H groups in total. The number of hydrogen-bond acceptors (Lipinski definition) is 4. The lowest BCUT2D eigenvalue weighted by molar-refractivity contribution is -0.137. The highest BCUT2D eigenvalue weighted by Crippen LogP contribution is 2.34. The van der Waals surface area contributed by atoms with Crippen LogP contribution >= 0.6 is 0 Å². The molecular formula is C22H17F4N3O4S. The number of sulfonamides is 1. The van der Waals surface area contributed by atoms with E-state index in [0.29, 0.717) is 6.07 Å². The van der Waals surface area contributed by atoms with Crippen LogP contribution < -0.4 is 15.4 Å². The molecule has 0 unspecified atom stereocenters. The highest BCUT2D eigenvalue weighted by Gasteiger charge is 2.31. The van der Waals surface area contributed by atoms with E-state index in [2.05, 4.69) is 15.4 Å². The molecule has 3 aromatic carbocycles. The highest BCUT2D eigenvalue weighted by molar-refractivity contribution is 7.92. The molecule has 0 aliphatic carbocycles. The van der Waals surface area contributed by atoms with Gasteiger partial charge >= 0.3 is 6.18 Å². The lowest BCUT2D eigenvalue weighted by Gasteiger charge is -2.15. The summed E-state index contributed by atoms with van der Waals surface area (Å²) in [4.78, 5) is 23.8. The molecule has 0 bridgehead atoms. The minimum atomic E-state index is -4.67. The standard InChI is InChI=1S/C22H17F4N3O4S/c1-13(30)27-19-11-4-15(22(24,25)26)12-20(19)28-21(31)14-2-7-17(8-3-14)29-34(32,33)18-9-5-16(23)6-10-18/h2-12,29H,1H3,(H,27,30)(H,28,31). The van der Waals surface area contributed by atoms with Crippen LogP contribution in [0.1, 0.15) is 22.8 Å².